The molecule has 0 spiro atoms. The molecule has 0 aromatic heterocycles. The molecule has 0 heterocycles. The molecule has 1 atom stereocenters. The summed E-state index contributed by atoms with van der Waals surface area (Å²) in [7, 11) is 0. The second-order valence-corrected chi connectivity index (χ2v) is 11.0. The minimum absolute atomic E-state index is 0.000418. The maximum atomic E-state index is 14.7. The van der Waals surface area contributed by atoms with E-state index >= 15 is 0 Å². The minimum Gasteiger partial charge on any atom is -0.494 e. The Labute approximate surface area is 261 Å². The Balaban J connectivity index is 1.44. The summed E-state index contributed by atoms with van der Waals surface area (Å²) in [5.74, 6) is -1.36. The largest absolute Gasteiger partial charge is 0.494 e. The summed E-state index contributed by atoms with van der Waals surface area (Å²) in [5, 5.41) is 0. The van der Waals surface area contributed by atoms with Crippen molar-refractivity contribution < 1.29 is 32.9 Å². The normalized spacial score (nSPS) is 11.6. The van der Waals surface area contributed by atoms with Gasteiger partial charge >= 0.3 is 11.9 Å². The molecular formula is C37H47FO6. The zero-order valence-corrected chi connectivity index (χ0v) is 26.4. The van der Waals surface area contributed by atoms with Crippen molar-refractivity contribution in [2.75, 3.05) is 19.8 Å². The number of carbonyl (C=O) groups is 2. The van der Waals surface area contributed by atoms with E-state index in [1.54, 1.807) is 19.1 Å². The topological polar surface area (TPSA) is 71.1 Å². The lowest BCUT2D eigenvalue weighted by atomic mass is 10.0. The molecule has 6 nitrogen and oxygen atoms in total. The van der Waals surface area contributed by atoms with Crippen LogP contribution in [0.3, 0.4) is 0 Å². The Bertz CT molecular complexity index is 1270. The van der Waals surface area contributed by atoms with Gasteiger partial charge in [0.25, 0.3) is 0 Å². The van der Waals surface area contributed by atoms with Crippen molar-refractivity contribution in [1.82, 2.24) is 0 Å². The minimum atomic E-state index is -0.817. The Hall–Kier alpha value is -3.71. The smallest absolute Gasteiger partial charge is 0.343 e. The highest BCUT2D eigenvalue weighted by molar-refractivity contribution is 5.92. The first-order chi connectivity index (χ1) is 21.4. The molecule has 0 saturated carbocycles. The van der Waals surface area contributed by atoms with E-state index in [2.05, 4.69) is 6.92 Å². The highest BCUT2D eigenvalue weighted by Crippen LogP contribution is 2.24. The molecule has 0 N–H and O–H groups in total. The van der Waals surface area contributed by atoms with Crippen molar-refractivity contribution in [3.05, 3.63) is 83.7 Å². The van der Waals surface area contributed by atoms with Gasteiger partial charge in [0.15, 0.2) is 0 Å². The van der Waals surface area contributed by atoms with Gasteiger partial charge in [0.2, 0.25) is 0 Å². The molecule has 3 rings (SSSR count). The van der Waals surface area contributed by atoms with Crippen molar-refractivity contribution in [2.24, 2.45) is 0 Å². The van der Waals surface area contributed by atoms with Gasteiger partial charge in [-0.1, -0.05) is 76.1 Å². The molecule has 0 amide bonds. The molecule has 44 heavy (non-hydrogen) atoms. The number of esters is 2. The molecule has 0 saturated heterocycles. The van der Waals surface area contributed by atoms with Crippen LogP contribution in [0.25, 0.3) is 11.1 Å². The highest BCUT2D eigenvalue weighted by Gasteiger charge is 2.18. The molecule has 0 aliphatic heterocycles. The van der Waals surface area contributed by atoms with E-state index in [4.69, 9.17) is 18.9 Å². The molecular weight excluding hydrogens is 559 g/mol. The fourth-order valence-electron chi connectivity index (χ4n) is 4.78. The molecule has 3 aromatic rings. The third-order valence-corrected chi connectivity index (χ3v) is 7.36. The van der Waals surface area contributed by atoms with E-state index in [1.807, 2.05) is 43.3 Å². The number of carbonyl (C=O) groups excluding carboxylic acids is 2. The first kappa shape index (κ1) is 34.8. The van der Waals surface area contributed by atoms with Gasteiger partial charge in [0.1, 0.15) is 17.3 Å². The maximum Gasteiger partial charge on any atom is 0.343 e. The average molecular weight is 607 g/mol. The Morgan fingerprint density at radius 2 is 1.32 bits per heavy atom. The molecule has 238 valence electrons. The van der Waals surface area contributed by atoms with Crippen LogP contribution in [0.15, 0.2) is 66.7 Å². The molecule has 3 aromatic carbocycles. The zero-order valence-electron chi connectivity index (χ0n) is 26.4. The summed E-state index contributed by atoms with van der Waals surface area (Å²) >= 11 is 0. The van der Waals surface area contributed by atoms with Crippen molar-refractivity contribution in [3.8, 4) is 22.6 Å². The van der Waals surface area contributed by atoms with Gasteiger partial charge in [0.05, 0.1) is 23.8 Å². The van der Waals surface area contributed by atoms with E-state index in [9.17, 15) is 14.0 Å². The number of hydrogen-bond donors (Lipinski definition) is 0. The van der Waals surface area contributed by atoms with Gasteiger partial charge in [0, 0.05) is 19.3 Å². The van der Waals surface area contributed by atoms with Gasteiger partial charge < -0.3 is 18.9 Å². The maximum absolute atomic E-state index is 14.7. The summed E-state index contributed by atoms with van der Waals surface area (Å²) in [5.41, 5.74) is 2.05. The number of rotatable bonds is 20. The predicted octanol–water partition coefficient (Wildman–Crippen LogP) is 9.59. The van der Waals surface area contributed by atoms with Crippen LogP contribution >= 0.6 is 0 Å². The fraction of sp³-hybridized carbons (Fsp3) is 0.459. The summed E-state index contributed by atoms with van der Waals surface area (Å²) in [6.07, 6.45) is 11.1. The van der Waals surface area contributed by atoms with E-state index in [0.717, 1.165) is 42.4 Å². The quantitative estimate of drug-likeness (QED) is 0.0725. The van der Waals surface area contributed by atoms with Crippen LogP contribution in [0.1, 0.15) is 106 Å². The van der Waals surface area contributed by atoms with Crippen LogP contribution in [0.4, 0.5) is 4.39 Å². The first-order valence-electron chi connectivity index (χ1n) is 16.0. The number of hydrogen-bond acceptors (Lipinski definition) is 6. The monoisotopic (exact) mass is 606 g/mol. The van der Waals surface area contributed by atoms with Crippen LogP contribution in [0.2, 0.25) is 0 Å². The van der Waals surface area contributed by atoms with Crippen LogP contribution in [-0.4, -0.2) is 37.9 Å². The average Bonchev–Trinajstić information content (AvgIpc) is 3.02. The number of halogens is 1. The first-order valence-corrected chi connectivity index (χ1v) is 16.0. The van der Waals surface area contributed by atoms with Crippen molar-refractivity contribution in [3.63, 3.8) is 0 Å². The van der Waals surface area contributed by atoms with Crippen LogP contribution < -0.4 is 9.47 Å². The van der Waals surface area contributed by atoms with Gasteiger partial charge in [-0.15, -0.1) is 0 Å². The molecule has 0 fully saturated rings. The molecule has 1 unspecified atom stereocenters. The van der Waals surface area contributed by atoms with Gasteiger partial charge in [-0.25, -0.2) is 14.0 Å². The predicted molar refractivity (Wildman–Crippen MR) is 172 cm³/mol. The van der Waals surface area contributed by atoms with Crippen LogP contribution in [0.5, 0.6) is 11.5 Å². The van der Waals surface area contributed by atoms with Crippen LogP contribution in [0, 0.1) is 5.82 Å². The zero-order chi connectivity index (χ0) is 31.6. The summed E-state index contributed by atoms with van der Waals surface area (Å²) in [6, 6.07) is 18.6. The Kier molecular flexibility index (Phi) is 15.4. The van der Waals surface area contributed by atoms with Gasteiger partial charge in [-0.2, -0.15) is 0 Å². The third-order valence-electron chi connectivity index (χ3n) is 7.36. The van der Waals surface area contributed by atoms with E-state index in [1.165, 1.54) is 57.1 Å². The van der Waals surface area contributed by atoms with E-state index in [0.29, 0.717) is 25.2 Å². The van der Waals surface area contributed by atoms with E-state index in [-0.39, 0.29) is 17.4 Å². The molecule has 0 bridgehead atoms. The third kappa shape index (κ3) is 12.1. The van der Waals surface area contributed by atoms with E-state index < -0.39 is 17.8 Å². The molecule has 7 heteroatoms. The summed E-state index contributed by atoms with van der Waals surface area (Å²) < 4.78 is 36.5. The lowest BCUT2D eigenvalue weighted by molar-refractivity contribution is 0.0292. The van der Waals surface area contributed by atoms with Crippen LogP contribution in [-0.2, 0) is 9.47 Å². The van der Waals surface area contributed by atoms with Crippen molar-refractivity contribution in [2.45, 2.75) is 91.1 Å². The fourth-order valence-corrected chi connectivity index (χ4v) is 4.78. The lowest BCUT2D eigenvalue weighted by Crippen LogP contribution is -2.17. The lowest BCUT2D eigenvalue weighted by Gasteiger charge is -2.14. The summed E-state index contributed by atoms with van der Waals surface area (Å²) in [6.45, 7) is 7.84. The molecule has 0 radical (unpaired) electrons. The SMILES string of the molecule is CCCCCCCCCCOc1ccc(-c2ccc(C(=O)Oc3ccc(C(=O)OC(C)CCCOCC)c(F)c3)cc2)cc1. The highest BCUT2D eigenvalue weighted by atomic mass is 19.1. The Morgan fingerprint density at radius 3 is 1.95 bits per heavy atom. The summed E-state index contributed by atoms with van der Waals surface area (Å²) in [4.78, 5) is 25.1. The second kappa shape index (κ2) is 19.5. The van der Waals surface area contributed by atoms with Gasteiger partial charge in [-0.3, -0.25) is 0 Å². The number of ether oxygens (including phenoxy) is 4. The number of unbranched alkanes of at least 4 members (excludes halogenated alkanes) is 7. The second-order valence-electron chi connectivity index (χ2n) is 11.0. The molecule has 0 aliphatic rings. The van der Waals surface area contributed by atoms with Crippen molar-refractivity contribution in [1.29, 1.82) is 0 Å². The number of benzene rings is 3. The molecule has 0 aliphatic carbocycles. The van der Waals surface area contributed by atoms with Gasteiger partial charge in [-0.05, 0) is 80.6 Å². The Morgan fingerprint density at radius 1 is 0.705 bits per heavy atom. The standard InChI is InChI=1S/C37H47FO6/c1-4-6-7-8-9-10-11-12-26-42-32-21-19-30(20-22-32)29-15-17-31(18-16-29)36(39)44-33-23-24-34(35(38)27-33)37(40)43-28(3)14-13-25-41-5-2/h15-24,27-28H,4-14,25-26H2,1-3H3. The van der Waals surface area contributed by atoms with Crippen molar-refractivity contribution >= 4 is 11.9 Å².